The number of likely N-dealkylation sites (tertiary alicyclic amines) is 1. The largest absolute Gasteiger partial charge is 0.497 e. The lowest BCUT2D eigenvalue weighted by Crippen LogP contribution is -2.21. The van der Waals surface area contributed by atoms with E-state index in [9.17, 15) is 9.18 Å². The van der Waals surface area contributed by atoms with E-state index in [1.54, 1.807) is 25.3 Å². The first-order valence-corrected chi connectivity index (χ1v) is 11.2. The van der Waals surface area contributed by atoms with Crippen LogP contribution in [0.4, 0.5) is 10.1 Å². The maximum Gasteiger partial charge on any atom is 0.229 e. The van der Waals surface area contributed by atoms with Gasteiger partial charge in [0.15, 0.2) is 0 Å². The van der Waals surface area contributed by atoms with Crippen molar-refractivity contribution in [1.82, 2.24) is 14.9 Å². The predicted molar refractivity (Wildman–Crippen MR) is 126 cm³/mol. The number of carbonyl (C=O) groups excluding carboxylic acids is 1. The van der Waals surface area contributed by atoms with Crippen molar-refractivity contribution in [3.63, 3.8) is 0 Å². The van der Waals surface area contributed by atoms with Gasteiger partial charge in [0.25, 0.3) is 0 Å². The van der Waals surface area contributed by atoms with Crippen LogP contribution in [0.1, 0.15) is 40.7 Å². The first-order chi connectivity index (χ1) is 15.9. The van der Waals surface area contributed by atoms with Crippen molar-refractivity contribution in [2.24, 2.45) is 0 Å². The van der Waals surface area contributed by atoms with Gasteiger partial charge in [0.1, 0.15) is 17.4 Å². The number of aromatic nitrogens is 2. The third kappa shape index (κ3) is 5.54. The number of nitrogens with zero attached hydrogens (tertiary/aromatic N) is 3. The van der Waals surface area contributed by atoms with Gasteiger partial charge in [-0.25, -0.2) is 14.4 Å². The molecular formula is C26H29FN4O2. The molecule has 0 saturated carbocycles. The highest BCUT2D eigenvalue weighted by molar-refractivity contribution is 5.92. The van der Waals surface area contributed by atoms with Gasteiger partial charge >= 0.3 is 0 Å². The van der Waals surface area contributed by atoms with Crippen LogP contribution in [0.3, 0.4) is 0 Å². The standard InChI is InChI=1S/C26H29FN4O2/c1-17-22(14-25(32)30-24-7-5-4-6-23(24)27)18(2)29-26(28-17)20-12-13-31(16-20)15-19-8-10-21(33-3)11-9-19/h4-11,20H,12-16H2,1-3H3,(H,30,32)/t20-/m1/s1. The van der Waals surface area contributed by atoms with Crippen molar-refractivity contribution in [3.8, 4) is 5.75 Å². The van der Waals surface area contributed by atoms with E-state index in [1.165, 1.54) is 11.6 Å². The van der Waals surface area contributed by atoms with Gasteiger partial charge in [-0.3, -0.25) is 9.69 Å². The molecule has 172 valence electrons. The smallest absolute Gasteiger partial charge is 0.229 e. The lowest BCUT2D eigenvalue weighted by atomic mass is 10.0. The highest BCUT2D eigenvalue weighted by Gasteiger charge is 2.27. The maximum atomic E-state index is 13.8. The molecule has 1 amide bonds. The minimum atomic E-state index is -0.452. The molecule has 0 bridgehead atoms. The molecule has 1 aliphatic heterocycles. The van der Waals surface area contributed by atoms with Crippen molar-refractivity contribution in [2.75, 3.05) is 25.5 Å². The third-order valence-corrected chi connectivity index (χ3v) is 6.13. The molecule has 0 unspecified atom stereocenters. The van der Waals surface area contributed by atoms with E-state index in [0.717, 1.165) is 54.6 Å². The summed E-state index contributed by atoms with van der Waals surface area (Å²) in [4.78, 5) is 24.4. The number of rotatable bonds is 7. The molecule has 1 atom stereocenters. The molecule has 0 radical (unpaired) electrons. The Hall–Kier alpha value is -3.32. The zero-order chi connectivity index (χ0) is 23.4. The summed E-state index contributed by atoms with van der Waals surface area (Å²) in [6.07, 6.45) is 1.11. The second-order valence-corrected chi connectivity index (χ2v) is 8.50. The van der Waals surface area contributed by atoms with Crippen LogP contribution < -0.4 is 10.1 Å². The van der Waals surface area contributed by atoms with Crippen LogP contribution in [-0.2, 0) is 17.8 Å². The highest BCUT2D eigenvalue weighted by atomic mass is 19.1. The summed E-state index contributed by atoms with van der Waals surface area (Å²) in [7, 11) is 1.67. The fraction of sp³-hybridized carbons (Fsp3) is 0.346. The number of amides is 1. The average Bonchev–Trinajstić information content (AvgIpc) is 3.27. The van der Waals surface area contributed by atoms with Crippen molar-refractivity contribution >= 4 is 11.6 Å². The van der Waals surface area contributed by atoms with Crippen molar-refractivity contribution < 1.29 is 13.9 Å². The van der Waals surface area contributed by atoms with Crippen LogP contribution >= 0.6 is 0 Å². The van der Waals surface area contributed by atoms with E-state index in [1.807, 2.05) is 26.0 Å². The molecule has 7 heteroatoms. The number of methoxy groups -OCH3 is 1. The second-order valence-electron chi connectivity index (χ2n) is 8.50. The summed E-state index contributed by atoms with van der Waals surface area (Å²) < 4.78 is 19.1. The Kier molecular flexibility index (Phi) is 6.99. The molecule has 33 heavy (non-hydrogen) atoms. The van der Waals surface area contributed by atoms with Gasteiger partial charge in [-0.2, -0.15) is 0 Å². The van der Waals surface area contributed by atoms with Gasteiger partial charge in [0.05, 0.1) is 19.2 Å². The Morgan fingerprint density at radius 2 is 1.82 bits per heavy atom. The Morgan fingerprint density at radius 3 is 2.48 bits per heavy atom. The van der Waals surface area contributed by atoms with E-state index in [4.69, 9.17) is 14.7 Å². The number of aryl methyl sites for hydroxylation is 2. The second kappa shape index (κ2) is 10.1. The van der Waals surface area contributed by atoms with Crippen LogP contribution in [0, 0.1) is 19.7 Å². The summed E-state index contributed by atoms with van der Waals surface area (Å²) in [5, 5.41) is 2.63. The van der Waals surface area contributed by atoms with E-state index in [0.29, 0.717) is 0 Å². The molecule has 4 rings (SSSR count). The minimum Gasteiger partial charge on any atom is -0.497 e. The molecule has 6 nitrogen and oxygen atoms in total. The summed E-state index contributed by atoms with van der Waals surface area (Å²) in [5.74, 6) is 1.23. The van der Waals surface area contributed by atoms with E-state index < -0.39 is 5.82 Å². The number of para-hydroxylation sites is 1. The highest BCUT2D eigenvalue weighted by Crippen LogP contribution is 2.28. The summed E-state index contributed by atoms with van der Waals surface area (Å²) >= 11 is 0. The number of ether oxygens (including phenoxy) is 1. The zero-order valence-corrected chi connectivity index (χ0v) is 19.3. The molecule has 0 spiro atoms. The Bertz CT molecular complexity index is 1110. The number of anilines is 1. The predicted octanol–water partition coefficient (Wildman–Crippen LogP) is 4.41. The first-order valence-electron chi connectivity index (χ1n) is 11.2. The molecular weight excluding hydrogens is 419 g/mol. The van der Waals surface area contributed by atoms with E-state index >= 15 is 0 Å². The fourth-order valence-corrected chi connectivity index (χ4v) is 4.30. The van der Waals surface area contributed by atoms with Crippen LogP contribution in [0.25, 0.3) is 0 Å². The van der Waals surface area contributed by atoms with Crippen LogP contribution in [0.15, 0.2) is 48.5 Å². The quantitative estimate of drug-likeness (QED) is 0.580. The molecule has 1 aliphatic rings. The number of hydrogen-bond acceptors (Lipinski definition) is 5. The van der Waals surface area contributed by atoms with Gasteiger partial charge in [-0.1, -0.05) is 24.3 Å². The molecule has 1 fully saturated rings. The number of halogens is 1. The molecule has 1 saturated heterocycles. The summed E-state index contributed by atoms with van der Waals surface area (Å²) in [6.45, 7) is 6.59. The zero-order valence-electron chi connectivity index (χ0n) is 19.3. The van der Waals surface area contributed by atoms with Crippen molar-refractivity contribution in [3.05, 3.63) is 82.7 Å². The molecule has 1 N–H and O–H groups in total. The molecule has 1 aromatic heterocycles. The molecule has 2 aromatic carbocycles. The van der Waals surface area contributed by atoms with Gasteiger partial charge in [0.2, 0.25) is 5.91 Å². The van der Waals surface area contributed by atoms with Crippen LogP contribution in [0.2, 0.25) is 0 Å². The lowest BCUT2D eigenvalue weighted by Gasteiger charge is -2.17. The fourth-order valence-electron chi connectivity index (χ4n) is 4.30. The maximum absolute atomic E-state index is 13.8. The van der Waals surface area contributed by atoms with Crippen LogP contribution in [0.5, 0.6) is 5.75 Å². The SMILES string of the molecule is COc1ccc(CN2CC[C@@H](c3nc(C)c(CC(=O)Nc4ccccc4F)c(C)n3)C2)cc1. The van der Waals surface area contributed by atoms with Gasteiger partial charge in [-0.15, -0.1) is 0 Å². The topological polar surface area (TPSA) is 67.3 Å². The number of nitrogens with one attached hydrogen (secondary N) is 1. The van der Waals surface area contributed by atoms with Gasteiger partial charge < -0.3 is 10.1 Å². The number of carbonyl (C=O) groups is 1. The lowest BCUT2D eigenvalue weighted by molar-refractivity contribution is -0.115. The van der Waals surface area contributed by atoms with Crippen LogP contribution in [-0.4, -0.2) is 41.0 Å². The van der Waals surface area contributed by atoms with E-state index in [2.05, 4.69) is 22.3 Å². The minimum absolute atomic E-state index is 0.112. The average molecular weight is 449 g/mol. The number of hydrogen-bond donors (Lipinski definition) is 1. The van der Waals surface area contributed by atoms with Crippen molar-refractivity contribution in [2.45, 2.75) is 39.2 Å². The van der Waals surface area contributed by atoms with E-state index in [-0.39, 0.29) is 23.9 Å². The number of benzene rings is 2. The molecule has 3 aromatic rings. The van der Waals surface area contributed by atoms with Crippen molar-refractivity contribution in [1.29, 1.82) is 0 Å². The van der Waals surface area contributed by atoms with Gasteiger partial charge in [-0.05, 0) is 56.6 Å². The monoisotopic (exact) mass is 448 g/mol. The third-order valence-electron chi connectivity index (χ3n) is 6.13. The summed E-state index contributed by atoms with van der Waals surface area (Å²) in [6, 6.07) is 14.3. The molecule has 0 aliphatic carbocycles. The molecule has 2 heterocycles. The Labute approximate surface area is 193 Å². The normalized spacial score (nSPS) is 16.1. The van der Waals surface area contributed by atoms with Gasteiger partial charge in [0, 0.05) is 36.0 Å². The Balaban J connectivity index is 1.39. The first kappa shape index (κ1) is 22.9. The Morgan fingerprint density at radius 1 is 1.12 bits per heavy atom. The summed E-state index contributed by atoms with van der Waals surface area (Å²) in [5.41, 5.74) is 3.82.